The van der Waals surface area contributed by atoms with Crippen molar-refractivity contribution in [2.45, 2.75) is 32.1 Å². The third-order valence-electron chi connectivity index (χ3n) is 2.79. The van der Waals surface area contributed by atoms with E-state index in [0.717, 1.165) is 31.1 Å². The maximum Gasteiger partial charge on any atom is 0.126 e. The summed E-state index contributed by atoms with van der Waals surface area (Å²) in [5.41, 5.74) is 3.11. The number of hydrogen-bond donors (Lipinski definition) is 0. The van der Waals surface area contributed by atoms with Crippen LogP contribution >= 0.6 is 0 Å². The molecule has 0 radical (unpaired) electrons. The zero-order chi connectivity index (χ0) is 9.97. The van der Waals surface area contributed by atoms with Gasteiger partial charge in [0.05, 0.1) is 0 Å². The van der Waals surface area contributed by atoms with Gasteiger partial charge in [0.15, 0.2) is 0 Å². The Morgan fingerprint density at radius 3 is 2.71 bits per heavy atom. The van der Waals surface area contributed by atoms with Crippen molar-refractivity contribution in [3.05, 3.63) is 34.6 Å². The van der Waals surface area contributed by atoms with E-state index in [9.17, 15) is 9.18 Å². The summed E-state index contributed by atoms with van der Waals surface area (Å²) in [6.07, 6.45) is 4.97. The molecule has 1 aliphatic carbocycles. The number of carbonyl (C=O) groups is 1. The number of fused-ring (bicyclic) bond motifs is 1. The van der Waals surface area contributed by atoms with Gasteiger partial charge in [-0.05, 0) is 48.4 Å². The first-order valence-electron chi connectivity index (χ1n) is 5.05. The topological polar surface area (TPSA) is 17.1 Å². The van der Waals surface area contributed by atoms with E-state index in [2.05, 4.69) is 0 Å². The average Bonchev–Trinajstić information content (AvgIpc) is 2.61. The Labute approximate surface area is 82.9 Å². The van der Waals surface area contributed by atoms with Crippen LogP contribution in [0.5, 0.6) is 0 Å². The quantitative estimate of drug-likeness (QED) is 0.672. The van der Waals surface area contributed by atoms with Crippen LogP contribution in [0.4, 0.5) is 4.39 Å². The normalized spacial score (nSPS) is 14.1. The monoisotopic (exact) mass is 192 g/mol. The van der Waals surface area contributed by atoms with Gasteiger partial charge >= 0.3 is 0 Å². The fourth-order valence-corrected chi connectivity index (χ4v) is 2.05. The maximum atomic E-state index is 13.5. The minimum absolute atomic E-state index is 0.146. The lowest BCUT2D eigenvalue weighted by atomic mass is 10.0. The van der Waals surface area contributed by atoms with Crippen molar-refractivity contribution in [2.24, 2.45) is 0 Å². The van der Waals surface area contributed by atoms with Crippen molar-refractivity contribution in [3.63, 3.8) is 0 Å². The molecule has 0 amide bonds. The van der Waals surface area contributed by atoms with Gasteiger partial charge in [0.2, 0.25) is 0 Å². The lowest BCUT2D eigenvalue weighted by Gasteiger charge is -2.05. The fraction of sp³-hybridized carbons (Fsp3) is 0.417. The molecule has 0 N–H and O–H groups in total. The Morgan fingerprint density at radius 2 is 2.00 bits per heavy atom. The molecule has 1 aliphatic rings. The van der Waals surface area contributed by atoms with E-state index >= 15 is 0 Å². The average molecular weight is 192 g/mol. The van der Waals surface area contributed by atoms with Crippen LogP contribution in [-0.2, 0) is 24.1 Å². The Balaban J connectivity index is 2.27. The molecule has 0 spiro atoms. The first-order chi connectivity index (χ1) is 6.81. The lowest BCUT2D eigenvalue weighted by molar-refractivity contribution is -0.107. The highest BCUT2D eigenvalue weighted by atomic mass is 19.1. The predicted molar refractivity (Wildman–Crippen MR) is 52.8 cm³/mol. The fourth-order valence-electron chi connectivity index (χ4n) is 2.05. The minimum Gasteiger partial charge on any atom is -0.303 e. The van der Waals surface area contributed by atoms with Crippen LogP contribution in [0.3, 0.4) is 0 Å². The number of rotatable bonds is 3. The first kappa shape index (κ1) is 9.38. The highest BCUT2D eigenvalue weighted by Gasteiger charge is 2.14. The molecule has 0 aliphatic heterocycles. The summed E-state index contributed by atoms with van der Waals surface area (Å²) >= 11 is 0. The van der Waals surface area contributed by atoms with Gasteiger partial charge in [-0.1, -0.05) is 6.07 Å². The van der Waals surface area contributed by atoms with Gasteiger partial charge in [0, 0.05) is 6.42 Å². The second kappa shape index (κ2) is 3.91. The SMILES string of the molecule is O=CCCc1cc2c(cc1F)CCC2. The summed E-state index contributed by atoms with van der Waals surface area (Å²) in [4.78, 5) is 10.2. The van der Waals surface area contributed by atoms with Crippen molar-refractivity contribution >= 4 is 6.29 Å². The largest absolute Gasteiger partial charge is 0.303 e. The second-order valence-electron chi connectivity index (χ2n) is 3.77. The van der Waals surface area contributed by atoms with Crippen molar-refractivity contribution in [3.8, 4) is 0 Å². The molecule has 2 rings (SSSR count). The molecule has 14 heavy (non-hydrogen) atoms. The van der Waals surface area contributed by atoms with Crippen molar-refractivity contribution in [2.75, 3.05) is 0 Å². The Bertz CT molecular complexity index is 358. The molecule has 0 saturated heterocycles. The van der Waals surface area contributed by atoms with Crippen LogP contribution in [0.1, 0.15) is 29.5 Å². The van der Waals surface area contributed by atoms with Gasteiger partial charge in [-0.25, -0.2) is 4.39 Å². The highest BCUT2D eigenvalue weighted by molar-refractivity contribution is 5.50. The molecule has 0 fully saturated rings. The standard InChI is InChI=1S/C12H13FO/c13-12-8-10-4-1-3-9(10)7-11(12)5-2-6-14/h6-8H,1-5H2. The van der Waals surface area contributed by atoms with Crippen LogP contribution in [0.2, 0.25) is 0 Å². The number of halogens is 1. The first-order valence-corrected chi connectivity index (χ1v) is 5.05. The van der Waals surface area contributed by atoms with E-state index in [-0.39, 0.29) is 5.82 Å². The molecule has 1 aromatic rings. The van der Waals surface area contributed by atoms with Crippen molar-refractivity contribution in [1.29, 1.82) is 0 Å². The molecule has 0 unspecified atom stereocenters. The molecule has 0 bridgehead atoms. The third kappa shape index (κ3) is 1.69. The summed E-state index contributed by atoms with van der Waals surface area (Å²) in [6.45, 7) is 0. The number of hydrogen-bond acceptors (Lipinski definition) is 1. The number of aldehydes is 1. The Morgan fingerprint density at radius 1 is 1.29 bits per heavy atom. The molecule has 1 nitrogen and oxygen atoms in total. The molecular formula is C12H13FO. The van der Waals surface area contributed by atoms with Crippen LogP contribution in [0, 0.1) is 5.82 Å². The molecular weight excluding hydrogens is 179 g/mol. The van der Waals surface area contributed by atoms with E-state index in [4.69, 9.17) is 0 Å². The molecule has 1 aromatic carbocycles. The van der Waals surface area contributed by atoms with Crippen LogP contribution < -0.4 is 0 Å². The second-order valence-corrected chi connectivity index (χ2v) is 3.77. The molecule has 0 saturated carbocycles. The van der Waals surface area contributed by atoms with E-state index in [1.54, 1.807) is 6.07 Å². The summed E-state index contributed by atoms with van der Waals surface area (Å²) in [6, 6.07) is 3.57. The van der Waals surface area contributed by atoms with E-state index in [1.807, 2.05) is 6.07 Å². The van der Waals surface area contributed by atoms with E-state index in [0.29, 0.717) is 18.4 Å². The lowest BCUT2D eigenvalue weighted by Crippen LogP contribution is -1.95. The molecule has 0 heterocycles. The Kier molecular flexibility index (Phi) is 2.62. The Hall–Kier alpha value is -1.18. The van der Waals surface area contributed by atoms with E-state index < -0.39 is 0 Å². The van der Waals surface area contributed by atoms with Gasteiger partial charge in [0.1, 0.15) is 12.1 Å². The van der Waals surface area contributed by atoms with Gasteiger partial charge < -0.3 is 4.79 Å². The van der Waals surface area contributed by atoms with Gasteiger partial charge in [-0.3, -0.25) is 0 Å². The third-order valence-corrected chi connectivity index (χ3v) is 2.79. The summed E-state index contributed by atoms with van der Waals surface area (Å²) < 4.78 is 13.5. The van der Waals surface area contributed by atoms with E-state index in [1.165, 1.54) is 5.56 Å². The van der Waals surface area contributed by atoms with Crippen LogP contribution in [0.15, 0.2) is 12.1 Å². The zero-order valence-electron chi connectivity index (χ0n) is 8.05. The molecule has 2 heteroatoms. The number of aryl methyl sites for hydroxylation is 3. The zero-order valence-corrected chi connectivity index (χ0v) is 8.05. The van der Waals surface area contributed by atoms with Gasteiger partial charge in [-0.15, -0.1) is 0 Å². The molecule has 0 aromatic heterocycles. The molecule has 74 valence electrons. The summed E-state index contributed by atoms with van der Waals surface area (Å²) in [7, 11) is 0. The van der Waals surface area contributed by atoms with Crippen LogP contribution in [0.25, 0.3) is 0 Å². The maximum absolute atomic E-state index is 13.5. The predicted octanol–water partition coefficient (Wildman–Crippen LogP) is 2.45. The number of benzene rings is 1. The smallest absolute Gasteiger partial charge is 0.126 e. The van der Waals surface area contributed by atoms with Crippen LogP contribution in [-0.4, -0.2) is 6.29 Å². The van der Waals surface area contributed by atoms with Crippen molar-refractivity contribution < 1.29 is 9.18 Å². The van der Waals surface area contributed by atoms with Gasteiger partial charge in [0.25, 0.3) is 0 Å². The highest BCUT2D eigenvalue weighted by Crippen LogP contribution is 2.25. The van der Waals surface area contributed by atoms with Crippen molar-refractivity contribution in [1.82, 2.24) is 0 Å². The summed E-state index contributed by atoms with van der Waals surface area (Å²) in [5.74, 6) is -0.146. The van der Waals surface area contributed by atoms with Gasteiger partial charge in [-0.2, -0.15) is 0 Å². The minimum atomic E-state index is -0.146. The number of carbonyl (C=O) groups excluding carboxylic acids is 1. The molecule has 0 atom stereocenters. The summed E-state index contributed by atoms with van der Waals surface area (Å²) in [5, 5.41) is 0.